The van der Waals surface area contributed by atoms with Gasteiger partial charge in [-0.15, -0.1) is 11.3 Å². The molecule has 0 aliphatic rings. The van der Waals surface area contributed by atoms with Crippen molar-refractivity contribution >= 4 is 51.0 Å². The maximum atomic E-state index is 11.7. The fraction of sp³-hybridized carbons (Fsp3) is 0.188. The van der Waals surface area contributed by atoms with Crippen LogP contribution >= 0.6 is 27.3 Å². The van der Waals surface area contributed by atoms with E-state index in [1.54, 1.807) is 23.5 Å². The number of rotatable bonds is 7. The average Bonchev–Trinajstić information content (AvgIpc) is 3.08. The fourth-order valence-electron chi connectivity index (χ4n) is 1.80. The molecule has 2 N–H and O–H groups in total. The van der Waals surface area contributed by atoms with Crippen molar-refractivity contribution in [3.63, 3.8) is 0 Å². The van der Waals surface area contributed by atoms with Crippen LogP contribution in [0, 0.1) is 0 Å². The molecule has 0 saturated heterocycles. The predicted molar refractivity (Wildman–Crippen MR) is 98.1 cm³/mol. The topological polar surface area (TPSA) is 79.8 Å². The van der Waals surface area contributed by atoms with Crippen LogP contribution in [-0.2, 0) is 14.4 Å². The summed E-state index contributed by atoms with van der Waals surface area (Å²) >= 11 is 4.89. The lowest BCUT2D eigenvalue weighted by molar-refractivity contribution is -0.126. The number of hydrogen-bond donors (Lipinski definition) is 2. The highest BCUT2D eigenvalue weighted by Gasteiger charge is 2.10. The molecule has 126 valence electrons. The molecule has 24 heavy (non-hydrogen) atoms. The standard InChI is InChI=1S/C16H16BrN3O3S/c1-11(14-7-4-8-24-14)19-16(22)10-23-18-9-15(21)20-13-6-3-2-5-12(13)17/h2-9,11H,10H2,1H3,(H,19,22)(H,20,21)/b18-9+. The zero-order valence-electron chi connectivity index (χ0n) is 12.9. The van der Waals surface area contributed by atoms with Crippen molar-refractivity contribution in [3.05, 3.63) is 51.1 Å². The summed E-state index contributed by atoms with van der Waals surface area (Å²) in [6.07, 6.45) is 0.982. The Morgan fingerprint density at radius 1 is 1.33 bits per heavy atom. The SMILES string of the molecule is CC(NC(=O)CO/N=C/C(=O)Nc1ccccc1Br)c1cccs1. The van der Waals surface area contributed by atoms with Gasteiger partial charge in [-0.2, -0.15) is 0 Å². The highest BCUT2D eigenvalue weighted by atomic mass is 79.9. The Hall–Kier alpha value is -2.19. The molecule has 1 atom stereocenters. The molecular weight excluding hydrogens is 394 g/mol. The number of oxime groups is 1. The van der Waals surface area contributed by atoms with Gasteiger partial charge in [0.25, 0.3) is 11.8 Å². The Morgan fingerprint density at radius 2 is 2.12 bits per heavy atom. The lowest BCUT2D eigenvalue weighted by Gasteiger charge is -2.11. The van der Waals surface area contributed by atoms with Gasteiger partial charge in [0, 0.05) is 9.35 Å². The molecular formula is C16H16BrN3O3S. The molecule has 1 aromatic carbocycles. The molecule has 2 aromatic rings. The van der Waals surface area contributed by atoms with Crippen LogP contribution in [0.4, 0.5) is 5.69 Å². The van der Waals surface area contributed by atoms with Crippen LogP contribution in [0.3, 0.4) is 0 Å². The van der Waals surface area contributed by atoms with E-state index in [1.165, 1.54) is 0 Å². The first-order chi connectivity index (χ1) is 11.6. The summed E-state index contributed by atoms with van der Waals surface area (Å²) in [5.41, 5.74) is 0.622. The molecule has 1 aromatic heterocycles. The van der Waals surface area contributed by atoms with E-state index in [2.05, 4.69) is 31.7 Å². The first kappa shape index (κ1) is 18.2. The van der Waals surface area contributed by atoms with Crippen LogP contribution < -0.4 is 10.6 Å². The summed E-state index contributed by atoms with van der Waals surface area (Å²) in [5, 5.41) is 10.9. The minimum atomic E-state index is -0.450. The van der Waals surface area contributed by atoms with Crippen LogP contribution in [0.15, 0.2) is 51.4 Å². The molecule has 0 bridgehead atoms. The summed E-state index contributed by atoms with van der Waals surface area (Å²) in [4.78, 5) is 29.3. The van der Waals surface area contributed by atoms with Gasteiger partial charge in [0.1, 0.15) is 6.21 Å². The van der Waals surface area contributed by atoms with Gasteiger partial charge in [-0.1, -0.05) is 23.4 Å². The van der Waals surface area contributed by atoms with Crippen LogP contribution in [0.25, 0.3) is 0 Å². The Labute approximate surface area is 152 Å². The van der Waals surface area contributed by atoms with Gasteiger partial charge >= 0.3 is 0 Å². The lowest BCUT2D eigenvalue weighted by Crippen LogP contribution is -2.29. The van der Waals surface area contributed by atoms with Gasteiger partial charge in [0.05, 0.1) is 11.7 Å². The van der Waals surface area contributed by atoms with Crippen LogP contribution in [-0.4, -0.2) is 24.6 Å². The highest BCUT2D eigenvalue weighted by molar-refractivity contribution is 9.10. The second-order valence-electron chi connectivity index (χ2n) is 4.78. The summed E-state index contributed by atoms with van der Waals surface area (Å²) in [5.74, 6) is -0.756. The Kier molecular flexibility index (Phi) is 6.95. The number of para-hydroxylation sites is 1. The van der Waals surface area contributed by atoms with Crippen molar-refractivity contribution in [1.82, 2.24) is 5.32 Å². The van der Waals surface area contributed by atoms with E-state index in [9.17, 15) is 9.59 Å². The largest absolute Gasteiger partial charge is 0.386 e. The highest BCUT2D eigenvalue weighted by Crippen LogP contribution is 2.20. The average molecular weight is 410 g/mol. The fourth-order valence-corrected chi connectivity index (χ4v) is 2.92. The molecule has 0 radical (unpaired) electrons. The maximum absolute atomic E-state index is 11.7. The minimum Gasteiger partial charge on any atom is -0.386 e. The zero-order chi connectivity index (χ0) is 17.4. The van der Waals surface area contributed by atoms with E-state index in [1.807, 2.05) is 36.6 Å². The maximum Gasteiger partial charge on any atom is 0.270 e. The number of hydrogen-bond acceptors (Lipinski definition) is 5. The number of thiophene rings is 1. The molecule has 0 aliphatic heterocycles. The van der Waals surface area contributed by atoms with E-state index in [-0.39, 0.29) is 18.6 Å². The first-order valence-corrected chi connectivity index (χ1v) is 8.77. The molecule has 1 heterocycles. The van der Waals surface area contributed by atoms with E-state index in [0.29, 0.717) is 5.69 Å². The van der Waals surface area contributed by atoms with Crippen molar-refractivity contribution in [2.75, 3.05) is 11.9 Å². The summed E-state index contributed by atoms with van der Waals surface area (Å²) in [6.45, 7) is 1.63. The number of amides is 2. The number of carbonyl (C=O) groups excluding carboxylic acids is 2. The number of carbonyl (C=O) groups is 2. The molecule has 0 aliphatic carbocycles. The molecule has 0 fully saturated rings. The molecule has 8 heteroatoms. The van der Waals surface area contributed by atoms with E-state index in [4.69, 9.17) is 4.84 Å². The van der Waals surface area contributed by atoms with Gasteiger partial charge in [-0.25, -0.2) is 0 Å². The van der Waals surface area contributed by atoms with Crippen molar-refractivity contribution in [2.45, 2.75) is 13.0 Å². The van der Waals surface area contributed by atoms with Gasteiger partial charge < -0.3 is 15.5 Å². The second-order valence-corrected chi connectivity index (χ2v) is 6.62. The molecule has 6 nitrogen and oxygen atoms in total. The second kappa shape index (κ2) is 9.19. The molecule has 0 spiro atoms. The van der Waals surface area contributed by atoms with E-state index >= 15 is 0 Å². The minimum absolute atomic E-state index is 0.0937. The number of benzene rings is 1. The normalized spacial score (nSPS) is 11.9. The molecule has 0 saturated carbocycles. The van der Waals surface area contributed by atoms with Crippen molar-refractivity contribution in [2.24, 2.45) is 5.16 Å². The summed E-state index contributed by atoms with van der Waals surface area (Å²) in [6, 6.07) is 11.0. The van der Waals surface area contributed by atoms with Crippen LogP contribution in [0.2, 0.25) is 0 Å². The van der Waals surface area contributed by atoms with E-state index in [0.717, 1.165) is 15.6 Å². The van der Waals surface area contributed by atoms with Gasteiger partial charge in [-0.3, -0.25) is 9.59 Å². The van der Waals surface area contributed by atoms with Gasteiger partial charge in [0.2, 0.25) is 0 Å². The number of nitrogens with zero attached hydrogens (tertiary/aromatic N) is 1. The zero-order valence-corrected chi connectivity index (χ0v) is 15.3. The third kappa shape index (κ3) is 5.78. The smallest absolute Gasteiger partial charge is 0.270 e. The van der Waals surface area contributed by atoms with Crippen molar-refractivity contribution < 1.29 is 14.4 Å². The molecule has 1 unspecified atom stereocenters. The van der Waals surface area contributed by atoms with Crippen molar-refractivity contribution in [1.29, 1.82) is 0 Å². The quantitative estimate of drug-likeness (QED) is 0.543. The van der Waals surface area contributed by atoms with E-state index < -0.39 is 5.91 Å². The van der Waals surface area contributed by atoms with Gasteiger partial charge in [-0.05, 0) is 46.4 Å². The Morgan fingerprint density at radius 3 is 2.83 bits per heavy atom. The number of halogens is 1. The molecule has 2 rings (SSSR count). The Bertz CT molecular complexity index is 719. The van der Waals surface area contributed by atoms with Crippen molar-refractivity contribution in [3.8, 4) is 0 Å². The third-order valence-electron chi connectivity index (χ3n) is 2.92. The number of anilines is 1. The third-order valence-corrected chi connectivity index (χ3v) is 4.67. The predicted octanol–water partition coefficient (Wildman–Crippen LogP) is 3.33. The lowest BCUT2D eigenvalue weighted by atomic mass is 10.3. The summed E-state index contributed by atoms with van der Waals surface area (Å²) in [7, 11) is 0. The first-order valence-electron chi connectivity index (χ1n) is 7.10. The Balaban J connectivity index is 1.71. The summed E-state index contributed by atoms with van der Waals surface area (Å²) < 4.78 is 0.759. The van der Waals surface area contributed by atoms with Crippen LogP contribution in [0.1, 0.15) is 17.8 Å². The monoisotopic (exact) mass is 409 g/mol. The van der Waals surface area contributed by atoms with Gasteiger partial charge in [0.15, 0.2) is 6.61 Å². The molecule has 2 amide bonds. The van der Waals surface area contributed by atoms with Crippen LogP contribution in [0.5, 0.6) is 0 Å². The number of nitrogens with one attached hydrogen (secondary N) is 2.